The van der Waals surface area contributed by atoms with Crippen molar-refractivity contribution in [3.8, 4) is 5.75 Å². The number of anilines is 1. The van der Waals surface area contributed by atoms with E-state index < -0.39 is 0 Å². The van der Waals surface area contributed by atoms with Crippen LogP contribution in [0.3, 0.4) is 0 Å². The molecule has 0 aliphatic heterocycles. The highest BCUT2D eigenvalue weighted by molar-refractivity contribution is 7.22. The van der Waals surface area contributed by atoms with Crippen molar-refractivity contribution in [1.82, 2.24) is 15.2 Å². The van der Waals surface area contributed by atoms with Crippen LogP contribution in [0.5, 0.6) is 5.75 Å². The van der Waals surface area contributed by atoms with Gasteiger partial charge in [-0.2, -0.15) is 5.10 Å². The van der Waals surface area contributed by atoms with E-state index in [1.54, 1.807) is 0 Å². The standard InChI is InChI=1S/C13H12N4O2S/c1-2-19-9-3-4-10-11(5-9)20-13(16-10)17-12(18)8-6-14-15-7-8/h3-7H,2H2,1H3,(H,14,15)(H,16,17,18). The predicted molar refractivity (Wildman–Crippen MR) is 77.3 cm³/mol. The van der Waals surface area contributed by atoms with Gasteiger partial charge in [-0.3, -0.25) is 15.2 Å². The van der Waals surface area contributed by atoms with Gasteiger partial charge in [0.05, 0.1) is 28.6 Å². The fourth-order valence-corrected chi connectivity index (χ4v) is 2.65. The van der Waals surface area contributed by atoms with Gasteiger partial charge in [-0.1, -0.05) is 11.3 Å². The van der Waals surface area contributed by atoms with Crippen LogP contribution in [0.1, 0.15) is 17.3 Å². The van der Waals surface area contributed by atoms with Crippen molar-refractivity contribution in [2.45, 2.75) is 6.92 Å². The van der Waals surface area contributed by atoms with Crippen LogP contribution in [-0.2, 0) is 0 Å². The summed E-state index contributed by atoms with van der Waals surface area (Å²) in [5.41, 5.74) is 1.31. The highest BCUT2D eigenvalue weighted by Gasteiger charge is 2.11. The van der Waals surface area contributed by atoms with Gasteiger partial charge >= 0.3 is 0 Å². The minimum Gasteiger partial charge on any atom is -0.494 e. The molecule has 0 saturated heterocycles. The van der Waals surface area contributed by atoms with Crippen molar-refractivity contribution < 1.29 is 9.53 Å². The molecule has 0 aliphatic carbocycles. The molecule has 1 aromatic carbocycles. The lowest BCUT2D eigenvalue weighted by molar-refractivity contribution is 0.102. The number of aromatic amines is 1. The van der Waals surface area contributed by atoms with Gasteiger partial charge in [0.2, 0.25) is 0 Å². The quantitative estimate of drug-likeness (QED) is 0.773. The fraction of sp³-hybridized carbons (Fsp3) is 0.154. The number of hydrogen-bond acceptors (Lipinski definition) is 5. The summed E-state index contributed by atoms with van der Waals surface area (Å²) in [7, 11) is 0. The summed E-state index contributed by atoms with van der Waals surface area (Å²) in [6.45, 7) is 2.56. The van der Waals surface area contributed by atoms with Crippen molar-refractivity contribution in [1.29, 1.82) is 0 Å². The van der Waals surface area contributed by atoms with Gasteiger partial charge in [0, 0.05) is 6.20 Å². The summed E-state index contributed by atoms with van der Waals surface area (Å²) < 4.78 is 6.41. The van der Waals surface area contributed by atoms with E-state index in [9.17, 15) is 4.79 Å². The molecular formula is C13H12N4O2S. The third-order valence-electron chi connectivity index (χ3n) is 2.65. The Hall–Kier alpha value is -2.41. The molecule has 102 valence electrons. The Kier molecular flexibility index (Phi) is 3.34. The van der Waals surface area contributed by atoms with E-state index in [1.165, 1.54) is 23.7 Å². The number of carbonyl (C=O) groups is 1. The van der Waals surface area contributed by atoms with Crippen molar-refractivity contribution in [2.75, 3.05) is 11.9 Å². The summed E-state index contributed by atoms with van der Waals surface area (Å²) in [5.74, 6) is 0.569. The monoisotopic (exact) mass is 288 g/mol. The highest BCUT2D eigenvalue weighted by Crippen LogP contribution is 2.29. The predicted octanol–water partition coefficient (Wildman–Crippen LogP) is 2.67. The van der Waals surface area contributed by atoms with Gasteiger partial charge in [-0.15, -0.1) is 0 Å². The number of thiazole rings is 1. The molecule has 7 heteroatoms. The fourth-order valence-electron chi connectivity index (χ4n) is 1.76. The van der Waals surface area contributed by atoms with E-state index in [1.807, 2.05) is 25.1 Å². The SMILES string of the molecule is CCOc1ccc2nc(NC(=O)c3cn[nH]c3)sc2c1. The molecule has 3 aromatic rings. The Bertz CT molecular complexity index is 736. The largest absolute Gasteiger partial charge is 0.494 e. The average Bonchev–Trinajstić information content (AvgIpc) is 3.06. The van der Waals surface area contributed by atoms with Gasteiger partial charge in [0.25, 0.3) is 5.91 Å². The second kappa shape index (κ2) is 5.30. The van der Waals surface area contributed by atoms with E-state index in [2.05, 4.69) is 20.5 Å². The lowest BCUT2D eigenvalue weighted by Crippen LogP contribution is -2.10. The molecule has 0 saturated carbocycles. The second-order valence-electron chi connectivity index (χ2n) is 4.02. The minimum absolute atomic E-state index is 0.233. The molecule has 1 amide bonds. The molecule has 0 unspecified atom stereocenters. The second-order valence-corrected chi connectivity index (χ2v) is 5.05. The average molecular weight is 288 g/mol. The smallest absolute Gasteiger partial charge is 0.260 e. The number of ether oxygens (including phenoxy) is 1. The van der Waals surface area contributed by atoms with Crippen LogP contribution in [0.25, 0.3) is 10.2 Å². The highest BCUT2D eigenvalue weighted by atomic mass is 32.1. The van der Waals surface area contributed by atoms with Crippen LogP contribution in [0.15, 0.2) is 30.6 Å². The van der Waals surface area contributed by atoms with Crippen LogP contribution in [0.4, 0.5) is 5.13 Å². The number of nitrogens with zero attached hydrogens (tertiary/aromatic N) is 2. The van der Waals surface area contributed by atoms with Crippen molar-refractivity contribution in [3.63, 3.8) is 0 Å². The summed E-state index contributed by atoms with van der Waals surface area (Å²) in [6.07, 6.45) is 3.01. The number of hydrogen-bond donors (Lipinski definition) is 2. The van der Waals surface area contributed by atoms with E-state index in [0.29, 0.717) is 17.3 Å². The van der Waals surface area contributed by atoms with Crippen LogP contribution in [-0.4, -0.2) is 27.7 Å². The number of H-pyrrole nitrogens is 1. The van der Waals surface area contributed by atoms with E-state index in [-0.39, 0.29) is 5.91 Å². The maximum absolute atomic E-state index is 11.9. The first-order valence-electron chi connectivity index (χ1n) is 6.10. The number of amides is 1. The van der Waals surface area contributed by atoms with Crippen molar-refractivity contribution >= 4 is 32.6 Å². The van der Waals surface area contributed by atoms with Gasteiger partial charge < -0.3 is 4.74 Å². The molecular weight excluding hydrogens is 276 g/mol. The molecule has 3 rings (SSSR count). The molecule has 6 nitrogen and oxygen atoms in total. The van der Waals surface area contributed by atoms with Crippen molar-refractivity contribution in [3.05, 3.63) is 36.2 Å². The lowest BCUT2D eigenvalue weighted by Gasteiger charge is -2.00. The van der Waals surface area contributed by atoms with Crippen molar-refractivity contribution in [2.24, 2.45) is 0 Å². The lowest BCUT2D eigenvalue weighted by atomic mass is 10.3. The molecule has 2 heterocycles. The Morgan fingerprint density at radius 1 is 1.50 bits per heavy atom. The third-order valence-corrected chi connectivity index (χ3v) is 3.59. The Labute approximate surface area is 118 Å². The van der Waals surface area contributed by atoms with Gasteiger partial charge in [0.1, 0.15) is 5.75 Å². The Balaban J connectivity index is 1.84. The maximum atomic E-state index is 11.9. The first kappa shape index (κ1) is 12.6. The number of carbonyl (C=O) groups excluding carboxylic acids is 1. The molecule has 2 aromatic heterocycles. The van der Waals surface area contributed by atoms with Crippen LogP contribution in [0, 0.1) is 0 Å². The van der Waals surface area contributed by atoms with Crippen LogP contribution >= 0.6 is 11.3 Å². The van der Waals surface area contributed by atoms with Gasteiger partial charge in [0.15, 0.2) is 5.13 Å². The molecule has 0 aliphatic rings. The summed E-state index contributed by atoms with van der Waals surface area (Å²) in [4.78, 5) is 16.3. The molecule has 0 fully saturated rings. The third kappa shape index (κ3) is 2.48. The zero-order valence-corrected chi connectivity index (χ0v) is 11.5. The number of fused-ring (bicyclic) bond motifs is 1. The number of benzene rings is 1. The summed E-state index contributed by atoms with van der Waals surface area (Å²) in [6, 6.07) is 5.67. The number of nitrogens with one attached hydrogen (secondary N) is 2. The number of aromatic nitrogens is 3. The molecule has 0 bridgehead atoms. The van der Waals surface area contributed by atoms with Crippen LogP contribution in [0.2, 0.25) is 0 Å². The van der Waals surface area contributed by atoms with Gasteiger partial charge in [-0.25, -0.2) is 4.98 Å². The molecule has 20 heavy (non-hydrogen) atoms. The first-order chi connectivity index (χ1) is 9.76. The van der Waals surface area contributed by atoms with E-state index in [0.717, 1.165) is 16.0 Å². The molecule has 0 radical (unpaired) electrons. The zero-order valence-electron chi connectivity index (χ0n) is 10.7. The molecule has 0 spiro atoms. The maximum Gasteiger partial charge on any atom is 0.260 e. The molecule has 2 N–H and O–H groups in total. The van der Waals surface area contributed by atoms with Gasteiger partial charge in [-0.05, 0) is 25.1 Å². The minimum atomic E-state index is -0.233. The van der Waals surface area contributed by atoms with E-state index >= 15 is 0 Å². The molecule has 0 atom stereocenters. The Morgan fingerprint density at radius 3 is 3.15 bits per heavy atom. The summed E-state index contributed by atoms with van der Waals surface area (Å²) in [5, 5.41) is 9.65. The first-order valence-corrected chi connectivity index (χ1v) is 6.91. The Morgan fingerprint density at radius 2 is 2.40 bits per heavy atom. The summed E-state index contributed by atoms with van der Waals surface area (Å²) >= 11 is 1.41. The zero-order chi connectivity index (χ0) is 13.9. The number of rotatable bonds is 4. The topological polar surface area (TPSA) is 79.9 Å². The van der Waals surface area contributed by atoms with E-state index in [4.69, 9.17) is 4.74 Å². The normalized spacial score (nSPS) is 10.7. The van der Waals surface area contributed by atoms with Crippen LogP contribution < -0.4 is 10.1 Å².